The zero-order chi connectivity index (χ0) is 17.2. The van der Waals surface area contributed by atoms with Gasteiger partial charge >= 0.3 is 0 Å². The quantitative estimate of drug-likeness (QED) is 0.575. The number of halogens is 2. The topological polar surface area (TPSA) is 69.4 Å². The molecule has 8 heteroatoms. The second-order valence-electron chi connectivity index (χ2n) is 5.17. The monoisotopic (exact) mass is 336 g/mol. The fourth-order valence-electron chi connectivity index (χ4n) is 2.33. The molecule has 0 fully saturated rings. The van der Waals surface area contributed by atoms with Crippen LogP contribution in [-0.2, 0) is 0 Å². The van der Waals surface area contributed by atoms with Gasteiger partial charge in [-0.1, -0.05) is 6.07 Å². The number of rotatable bonds is 3. The van der Waals surface area contributed by atoms with Crippen LogP contribution in [0, 0.1) is 11.6 Å². The molecular formula is C17H10F2N6. The Morgan fingerprint density at radius 3 is 2.68 bits per heavy atom. The number of benzene rings is 1. The smallest absolute Gasteiger partial charge is 0.223 e. The summed E-state index contributed by atoms with van der Waals surface area (Å²) >= 11 is 0. The van der Waals surface area contributed by atoms with Gasteiger partial charge in [-0.2, -0.15) is 0 Å². The van der Waals surface area contributed by atoms with Gasteiger partial charge in [-0.05, 0) is 35.5 Å². The van der Waals surface area contributed by atoms with Crippen molar-refractivity contribution in [1.29, 1.82) is 0 Å². The molecule has 0 aliphatic heterocycles. The molecule has 0 aliphatic carbocycles. The van der Waals surface area contributed by atoms with Crippen LogP contribution in [0.4, 0.5) is 8.78 Å². The number of aromatic nitrogens is 6. The third-order valence-electron chi connectivity index (χ3n) is 3.50. The van der Waals surface area contributed by atoms with Crippen LogP contribution in [0.5, 0.6) is 0 Å². The SMILES string of the molecule is Fc1ccc(-c2cncc(-n3nnc(-c4ccccn4)n3)c2)c(F)c1. The Hall–Kier alpha value is -3.55. The molecule has 1 aromatic carbocycles. The molecule has 0 bridgehead atoms. The van der Waals surface area contributed by atoms with Gasteiger partial charge in [0.2, 0.25) is 5.82 Å². The first-order valence-corrected chi connectivity index (χ1v) is 7.33. The second kappa shape index (κ2) is 6.16. The van der Waals surface area contributed by atoms with Crippen LogP contribution in [0.2, 0.25) is 0 Å². The Labute approximate surface area is 140 Å². The van der Waals surface area contributed by atoms with Crippen molar-refractivity contribution in [2.45, 2.75) is 0 Å². The lowest BCUT2D eigenvalue weighted by atomic mass is 10.1. The largest absolute Gasteiger partial charge is 0.262 e. The second-order valence-corrected chi connectivity index (χ2v) is 5.17. The first kappa shape index (κ1) is 15.0. The predicted octanol–water partition coefficient (Wildman–Crippen LogP) is 3.06. The van der Waals surface area contributed by atoms with Crippen molar-refractivity contribution in [2.24, 2.45) is 0 Å². The van der Waals surface area contributed by atoms with E-state index in [1.807, 2.05) is 6.07 Å². The molecule has 6 nitrogen and oxygen atoms in total. The molecule has 4 rings (SSSR count). The minimum Gasteiger partial charge on any atom is -0.262 e. The molecule has 0 saturated heterocycles. The lowest BCUT2D eigenvalue weighted by Gasteiger charge is -2.05. The van der Waals surface area contributed by atoms with E-state index in [1.54, 1.807) is 24.4 Å². The Kier molecular flexibility index (Phi) is 3.70. The van der Waals surface area contributed by atoms with Crippen LogP contribution < -0.4 is 0 Å². The minimum atomic E-state index is -0.667. The molecule has 25 heavy (non-hydrogen) atoms. The summed E-state index contributed by atoms with van der Waals surface area (Å²) in [6.45, 7) is 0. The molecule has 4 aromatic rings. The van der Waals surface area contributed by atoms with E-state index in [0.29, 0.717) is 22.8 Å². The maximum absolute atomic E-state index is 14.0. The Balaban J connectivity index is 1.72. The van der Waals surface area contributed by atoms with Crippen LogP contribution in [0.15, 0.2) is 61.1 Å². The van der Waals surface area contributed by atoms with Crippen molar-refractivity contribution in [1.82, 2.24) is 30.2 Å². The third kappa shape index (κ3) is 2.97. The number of nitrogens with zero attached hydrogens (tertiary/aromatic N) is 6. The fourth-order valence-corrected chi connectivity index (χ4v) is 2.33. The van der Waals surface area contributed by atoms with Gasteiger partial charge < -0.3 is 0 Å². The van der Waals surface area contributed by atoms with Gasteiger partial charge in [0.05, 0.1) is 6.20 Å². The summed E-state index contributed by atoms with van der Waals surface area (Å²) in [5, 5.41) is 12.2. The molecule has 122 valence electrons. The number of hydrogen-bond donors (Lipinski definition) is 0. The van der Waals surface area contributed by atoms with E-state index in [2.05, 4.69) is 25.4 Å². The zero-order valence-corrected chi connectivity index (χ0v) is 12.7. The molecule has 0 N–H and O–H groups in total. The van der Waals surface area contributed by atoms with E-state index in [4.69, 9.17) is 0 Å². The summed E-state index contributed by atoms with van der Waals surface area (Å²) < 4.78 is 27.0. The van der Waals surface area contributed by atoms with Crippen LogP contribution in [-0.4, -0.2) is 30.2 Å². The molecular weight excluding hydrogens is 326 g/mol. The van der Waals surface area contributed by atoms with E-state index in [1.165, 1.54) is 29.3 Å². The van der Waals surface area contributed by atoms with E-state index in [-0.39, 0.29) is 5.56 Å². The van der Waals surface area contributed by atoms with E-state index < -0.39 is 11.6 Å². The highest BCUT2D eigenvalue weighted by Crippen LogP contribution is 2.24. The maximum atomic E-state index is 14.0. The number of tetrazole rings is 1. The van der Waals surface area contributed by atoms with Crippen molar-refractivity contribution in [3.05, 3.63) is 72.7 Å². The van der Waals surface area contributed by atoms with Gasteiger partial charge in [0.15, 0.2) is 0 Å². The fraction of sp³-hybridized carbons (Fsp3) is 0. The summed E-state index contributed by atoms with van der Waals surface area (Å²) in [6.07, 6.45) is 4.64. The van der Waals surface area contributed by atoms with Gasteiger partial charge in [-0.15, -0.1) is 15.0 Å². The van der Waals surface area contributed by atoms with Crippen LogP contribution >= 0.6 is 0 Å². The number of hydrogen-bond acceptors (Lipinski definition) is 5. The summed E-state index contributed by atoms with van der Waals surface area (Å²) in [7, 11) is 0. The molecule has 0 amide bonds. The summed E-state index contributed by atoms with van der Waals surface area (Å²) in [5.74, 6) is -0.943. The molecule has 0 aliphatic rings. The molecule has 0 unspecified atom stereocenters. The van der Waals surface area contributed by atoms with Crippen LogP contribution in [0.3, 0.4) is 0 Å². The van der Waals surface area contributed by atoms with E-state index in [0.717, 1.165) is 6.07 Å². The Bertz CT molecular complexity index is 1030. The average Bonchev–Trinajstić information content (AvgIpc) is 3.13. The van der Waals surface area contributed by atoms with Gasteiger partial charge in [0.1, 0.15) is 23.0 Å². The summed E-state index contributed by atoms with van der Waals surface area (Å²) in [4.78, 5) is 9.52. The third-order valence-corrected chi connectivity index (χ3v) is 3.50. The Morgan fingerprint density at radius 1 is 0.960 bits per heavy atom. The van der Waals surface area contributed by atoms with Gasteiger partial charge in [-0.25, -0.2) is 8.78 Å². The lowest BCUT2D eigenvalue weighted by molar-refractivity contribution is 0.585. The van der Waals surface area contributed by atoms with Crippen LogP contribution in [0.25, 0.3) is 28.3 Å². The summed E-state index contributed by atoms with van der Waals surface area (Å²) in [6, 6.07) is 10.4. The molecule has 3 heterocycles. The molecule has 0 atom stereocenters. The Morgan fingerprint density at radius 2 is 1.88 bits per heavy atom. The summed E-state index contributed by atoms with van der Waals surface area (Å²) in [5.41, 5.74) is 1.80. The van der Waals surface area contributed by atoms with Gasteiger partial charge in [0, 0.05) is 29.6 Å². The van der Waals surface area contributed by atoms with Gasteiger partial charge in [0.25, 0.3) is 0 Å². The highest BCUT2D eigenvalue weighted by atomic mass is 19.1. The van der Waals surface area contributed by atoms with Crippen molar-refractivity contribution >= 4 is 0 Å². The van der Waals surface area contributed by atoms with Crippen molar-refractivity contribution in [3.8, 4) is 28.3 Å². The highest BCUT2D eigenvalue weighted by Gasteiger charge is 2.11. The first-order valence-electron chi connectivity index (χ1n) is 7.33. The van der Waals surface area contributed by atoms with E-state index >= 15 is 0 Å². The number of pyridine rings is 2. The normalized spacial score (nSPS) is 10.8. The molecule has 0 saturated carbocycles. The molecule has 3 aromatic heterocycles. The molecule has 0 spiro atoms. The van der Waals surface area contributed by atoms with Gasteiger partial charge in [-0.3, -0.25) is 9.97 Å². The van der Waals surface area contributed by atoms with Crippen LogP contribution in [0.1, 0.15) is 0 Å². The van der Waals surface area contributed by atoms with Crippen molar-refractivity contribution in [2.75, 3.05) is 0 Å². The first-order chi connectivity index (χ1) is 12.2. The van der Waals surface area contributed by atoms with Crippen molar-refractivity contribution in [3.63, 3.8) is 0 Å². The highest BCUT2D eigenvalue weighted by molar-refractivity contribution is 5.65. The van der Waals surface area contributed by atoms with E-state index in [9.17, 15) is 8.78 Å². The predicted molar refractivity (Wildman–Crippen MR) is 85.5 cm³/mol. The average molecular weight is 336 g/mol. The lowest BCUT2D eigenvalue weighted by Crippen LogP contribution is -2.00. The standard InChI is InChI=1S/C17H10F2N6/c18-12-4-5-14(15(19)8-12)11-7-13(10-20-9-11)25-23-17(22-24-25)16-3-1-2-6-21-16/h1-10H. The minimum absolute atomic E-state index is 0.237. The van der Waals surface area contributed by atoms with Crippen molar-refractivity contribution < 1.29 is 8.78 Å². The zero-order valence-electron chi connectivity index (χ0n) is 12.7. The molecule has 0 radical (unpaired) electrons. The maximum Gasteiger partial charge on any atom is 0.223 e.